The van der Waals surface area contributed by atoms with Gasteiger partial charge in [-0.3, -0.25) is 9.80 Å². The van der Waals surface area contributed by atoms with E-state index < -0.39 is 11.7 Å². The lowest BCUT2D eigenvalue weighted by Gasteiger charge is -2.30. The molecule has 0 saturated carbocycles. The Hall–Kier alpha value is -1.71. The van der Waals surface area contributed by atoms with Gasteiger partial charge in [-0.15, -0.1) is 0 Å². The molecule has 0 radical (unpaired) electrons. The zero-order valence-corrected chi connectivity index (χ0v) is 22.0. The Morgan fingerprint density at radius 1 is 1.26 bits per heavy atom. The number of halogens is 5. The van der Waals surface area contributed by atoms with E-state index in [4.69, 9.17) is 16.7 Å². The highest BCUT2D eigenvalue weighted by atomic mass is 79.9. The summed E-state index contributed by atoms with van der Waals surface area (Å²) in [7, 11) is 0. The van der Waals surface area contributed by atoms with Crippen LogP contribution in [0.25, 0.3) is 0 Å². The molecule has 4 nitrogen and oxygen atoms in total. The number of carbonyl (C=O) groups excluding carboxylic acids is 1. The van der Waals surface area contributed by atoms with Crippen LogP contribution in [0.5, 0.6) is 0 Å². The predicted octanol–water partition coefficient (Wildman–Crippen LogP) is 7.32. The summed E-state index contributed by atoms with van der Waals surface area (Å²) in [6, 6.07) is 11.0. The van der Waals surface area contributed by atoms with Gasteiger partial charge in [0.15, 0.2) is 0 Å². The summed E-state index contributed by atoms with van der Waals surface area (Å²) in [6.45, 7) is 2.60. The van der Waals surface area contributed by atoms with Gasteiger partial charge in [-0.1, -0.05) is 40.5 Å². The smallest absolute Gasteiger partial charge is 0.324 e. The summed E-state index contributed by atoms with van der Waals surface area (Å²) in [5.74, 6) is 0.749. The summed E-state index contributed by atoms with van der Waals surface area (Å²) in [5.41, 5.74) is 0.666. The molecular weight excluding hydrogens is 551 g/mol. The molecule has 1 amide bonds. The van der Waals surface area contributed by atoms with Crippen molar-refractivity contribution in [2.75, 3.05) is 30.4 Å². The minimum absolute atomic E-state index is 0.0399. The number of nitrogens with one attached hydrogen (secondary N) is 1. The average Bonchev–Trinajstić information content (AvgIpc) is 3.13. The molecule has 1 aliphatic heterocycles. The van der Waals surface area contributed by atoms with E-state index in [0.29, 0.717) is 23.5 Å². The van der Waals surface area contributed by atoms with Crippen molar-refractivity contribution in [3.05, 3.63) is 63.1 Å². The van der Waals surface area contributed by atoms with E-state index in [1.165, 1.54) is 12.1 Å². The fraction of sp³-hybridized carbons (Fsp3) is 0.417. The van der Waals surface area contributed by atoms with Gasteiger partial charge in [-0.2, -0.15) is 30.0 Å². The first-order valence-electron chi connectivity index (χ1n) is 10.8. The third kappa shape index (κ3) is 6.49. The van der Waals surface area contributed by atoms with Crippen molar-refractivity contribution >= 4 is 56.6 Å². The highest BCUT2D eigenvalue weighted by molar-refractivity contribution is 9.10. The van der Waals surface area contributed by atoms with Crippen molar-refractivity contribution in [3.8, 4) is 0 Å². The van der Waals surface area contributed by atoms with Crippen molar-refractivity contribution in [2.24, 2.45) is 10.5 Å². The van der Waals surface area contributed by atoms with Crippen LogP contribution in [0.1, 0.15) is 37.3 Å². The molecule has 34 heavy (non-hydrogen) atoms. The third-order valence-electron chi connectivity index (χ3n) is 5.91. The molecule has 1 heterocycles. The van der Waals surface area contributed by atoms with Crippen molar-refractivity contribution in [3.63, 3.8) is 0 Å². The number of carbonyl (C=O) groups is 1. The highest BCUT2D eigenvalue weighted by Gasteiger charge is 2.42. The Morgan fingerprint density at radius 3 is 2.56 bits per heavy atom. The first kappa shape index (κ1) is 26.9. The standard InChI is InChI=1S/C24H26BrClF3N3OS/c1-3-23(11-4-12-34-2)15-32(14-21(33)30-18-8-6-17(25)7-9-18)31-22(23)16-5-10-19(20(26)13-16)24(27,28)29/h5-10,13H,3-4,11-12,14-15H2,1-2H3,(H,30,33). The zero-order chi connectivity index (χ0) is 24.9. The summed E-state index contributed by atoms with van der Waals surface area (Å²) < 4.78 is 40.6. The molecule has 10 heteroatoms. The number of nitrogens with zero attached hydrogens (tertiary/aromatic N) is 2. The van der Waals surface area contributed by atoms with Crippen LogP contribution in [-0.4, -0.2) is 41.7 Å². The molecule has 1 aliphatic rings. The zero-order valence-electron chi connectivity index (χ0n) is 18.9. The van der Waals surface area contributed by atoms with Crippen molar-refractivity contribution < 1.29 is 18.0 Å². The van der Waals surface area contributed by atoms with Gasteiger partial charge in [0.05, 0.1) is 16.3 Å². The van der Waals surface area contributed by atoms with E-state index in [-0.39, 0.29) is 22.9 Å². The highest BCUT2D eigenvalue weighted by Crippen LogP contribution is 2.41. The van der Waals surface area contributed by atoms with Crippen LogP contribution in [0.15, 0.2) is 52.0 Å². The number of alkyl halides is 3. The number of hydrazone groups is 1. The van der Waals surface area contributed by atoms with E-state index in [1.54, 1.807) is 28.9 Å². The Kier molecular flexibility index (Phi) is 8.98. The molecule has 0 saturated heterocycles. The SMILES string of the molecule is CCC1(CCCSC)CN(CC(=O)Nc2ccc(Br)cc2)N=C1c1ccc(C(F)(F)F)c(Cl)c1. The van der Waals surface area contributed by atoms with Gasteiger partial charge in [0, 0.05) is 22.1 Å². The molecule has 0 aromatic heterocycles. The van der Waals surface area contributed by atoms with Gasteiger partial charge in [-0.05, 0) is 73.2 Å². The number of benzene rings is 2. The van der Waals surface area contributed by atoms with Crippen LogP contribution in [0.4, 0.5) is 18.9 Å². The van der Waals surface area contributed by atoms with Gasteiger partial charge in [0.1, 0.15) is 6.54 Å². The van der Waals surface area contributed by atoms with Crippen molar-refractivity contribution in [1.29, 1.82) is 0 Å². The fourth-order valence-corrected chi connectivity index (χ4v) is 5.15. The molecule has 0 spiro atoms. The molecule has 0 aliphatic carbocycles. The van der Waals surface area contributed by atoms with Crippen LogP contribution in [0.3, 0.4) is 0 Å². The van der Waals surface area contributed by atoms with Gasteiger partial charge in [0.25, 0.3) is 0 Å². The van der Waals surface area contributed by atoms with E-state index in [2.05, 4.69) is 21.2 Å². The second kappa shape index (κ2) is 11.4. The Morgan fingerprint density at radius 2 is 1.97 bits per heavy atom. The van der Waals surface area contributed by atoms with Crippen molar-refractivity contribution in [1.82, 2.24) is 5.01 Å². The summed E-state index contributed by atoms with van der Waals surface area (Å²) in [5, 5.41) is 8.94. The Bertz CT molecular complexity index is 1050. The van der Waals surface area contributed by atoms with Gasteiger partial charge in [0.2, 0.25) is 5.91 Å². The largest absolute Gasteiger partial charge is 0.417 e. The molecule has 0 bridgehead atoms. The van der Waals surface area contributed by atoms with Crippen LogP contribution < -0.4 is 5.32 Å². The number of rotatable bonds is 9. The molecule has 1 N–H and O–H groups in total. The molecule has 184 valence electrons. The van der Waals surface area contributed by atoms with Crippen LogP contribution in [0, 0.1) is 5.41 Å². The number of anilines is 1. The monoisotopic (exact) mass is 575 g/mol. The summed E-state index contributed by atoms with van der Waals surface area (Å²) in [6.07, 6.45) is -0.00123. The topological polar surface area (TPSA) is 44.7 Å². The Labute approximate surface area is 215 Å². The van der Waals surface area contributed by atoms with Crippen molar-refractivity contribution in [2.45, 2.75) is 32.4 Å². The predicted molar refractivity (Wildman–Crippen MR) is 138 cm³/mol. The second-order valence-electron chi connectivity index (χ2n) is 8.25. The summed E-state index contributed by atoms with van der Waals surface area (Å²) >= 11 is 11.1. The second-order valence-corrected chi connectivity index (χ2v) is 10.6. The third-order valence-corrected chi connectivity index (χ3v) is 7.45. The lowest BCUT2D eigenvalue weighted by atomic mass is 9.74. The maximum Gasteiger partial charge on any atom is 0.417 e. The maximum atomic E-state index is 13.2. The molecule has 2 aromatic rings. The van der Waals surface area contributed by atoms with Crippen LogP contribution in [0.2, 0.25) is 5.02 Å². The average molecular weight is 577 g/mol. The van der Waals surface area contributed by atoms with Gasteiger partial charge in [-0.25, -0.2) is 0 Å². The van der Waals surface area contributed by atoms with E-state index in [1.807, 2.05) is 25.3 Å². The van der Waals surface area contributed by atoms with E-state index >= 15 is 0 Å². The molecule has 0 fully saturated rings. The maximum absolute atomic E-state index is 13.2. The minimum atomic E-state index is -4.52. The van der Waals surface area contributed by atoms with Crippen LogP contribution in [-0.2, 0) is 11.0 Å². The number of hydrogen-bond donors (Lipinski definition) is 1. The van der Waals surface area contributed by atoms with Crippen LogP contribution >= 0.6 is 39.3 Å². The molecule has 2 aromatic carbocycles. The van der Waals surface area contributed by atoms with Gasteiger partial charge >= 0.3 is 6.18 Å². The fourth-order valence-electron chi connectivity index (χ4n) is 4.16. The Balaban J connectivity index is 1.87. The first-order chi connectivity index (χ1) is 16.1. The number of thioether (sulfide) groups is 1. The minimum Gasteiger partial charge on any atom is -0.324 e. The summed E-state index contributed by atoms with van der Waals surface area (Å²) in [4.78, 5) is 12.7. The quantitative estimate of drug-likeness (QED) is 0.318. The van der Waals surface area contributed by atoms with E-state index in [0.717, 1.165) is 35.6 Å². The molecule has 3 rings (SSSR count). The van der Waals surface area contributed by atoms with Gasteiger partial charge < -0.3 is 5.32 Å². The molecule has 1 atom stereocenters. The lowest BCUT2D eigenvalue weighted by molar-refractivity contribution is -0.137. The normalized spacial score (nSPS) is 18.2. The number of hydrogen-bond acceptors (Lipinski definition) is 4. The molecule has 1 unspecified atom stereocenters. The first-order valence-corrected chi connectivity index (χ1v) is 13.4. The van der Waals surface area contributed by atoms with E-state index in [9.17, 15) is 18.0 Å². The molecular formula is C24H26BrClF3N3OS. The lowest BCUT2D eigenvalue weighted by Crippen LogP contribution is -2.36. The number of amides is 1.